The normalized spacial score (nSPS) is 12.7. The van der Waals surface area contributed by atoms with Crippen LogP contribution in [0.1, 0.15) is 11.3 Å². The molecule has 0 fully saturated rings. The minimum Gasteiger partial charge on any atom is -0.382 e. The lowest BCUT2D eigenvalue weighted by atomic mass is 10.2. The Bertz CT molecular complexity index is 675. The summed E-state index contributed by atoms with van der Waals surface area (Å²) in [5, 5.41) is 2.71. The summed E-state index contributed by atoms with van der Waals surface area (Å²) in [6.45, 7) is 0. The summed E-state index contributed by atoms with van der Waals surface area (Å²) >= 11 is 5.57. The second-order valence-electron chi connectivity index (χ2n) is 3.89. The number of nitrogen functional groups attached to an aromatic ring is 1. The minimum absolute atomic E-state index is 0.248. The van der Waals surface area contributed by atoms with Gasteiger partial charge >= 0.3 is 12.4 Å². The standard InChI is InChI=1S/C10H5ClF6N4/c11-5-1-4(9(12,13)14)3-19-8(5)21-6(10(15,16)17)2-7(18)20-21/h1-3H,(H2,18,20). The maximum atomic E-state index is 12.8. The van der Waals surface area contributed by atoms with Gasteiger partial charge in [0.25, 0.3) is 0 Å². The molecule has 2 heterocycles. The number of hydrogen-bond donors (Lipinski definition) is 1. The van der Waals surface area contributed by atoms with E-state index in [0.717, 1.165) is 0 Å². The number of nitrogens with zero attached hydrogens (tertiary/aromatic N) is 3. The summed E-state index contributed by atoms with van der Waals surface area (Å²) in [7, 11) is 0. The van der Waals surface area contributed by atoms with E-state index in [9.17, 15) is 26.3 Å². The fourth-order valence-corrected chi connectivity index (χ4v) is 1.75. The number of alkyl halides is 6. The van der Waals surface area contributed by atoms with Gasteiger partial charge in [0.1, 0.15) is 5.82 Å². The van der Waals surface area contributed by atoms with E-state index in [4.69, 9.17) is 17.3 Å². The fraction of sp³-hybridized carbons (Fsp3) is 0.200. The SMILES string of the molecule is Nc1cc(C(F)(F)F)n(-c2ncc(C(F)(F)F)cc2Cl)n1. The first kappa shape index (κ1) is 15.4. The van der Waals surface area contributed by atoms with Crippen LogP contribution in [0, 0.1) is 0 Å². The topological polar surface area (TPSA) is 56.7 Å². The van der Waals surface area contributed by atoms with Crippen molar-refractivity contribution >= 4 is 17.4 Å². The maximum absolute atomic E-state index is 12.8. The molecule has 0 aliphatic carbocycles. The van der Waals surface area contributed by atoms with E-state index in [1.807, 2.05) is 0 Å². The van der Waals surface area contributed by atoms with E-state index in [1.165, 1.54) is 0 Å². The van der Waals surface area contributed by atoms with Gasteiger partial charge in [0.05, 0.1) is 10.6 Å². The zero-order chi connectivity index (χ0) is 16.0. The van der Waals surface area contributed by atoms with Crippen molar-refractivity contribution in [2.45, 2.75) is 12.4 Å². The van der Waals surface area contributed by atoms with Crippen LogP contribution in [0.2, 0.25) is 5.02 Å². The lowest BCUT2D eigenvalue weighted by Crippen LogP contribution is -2.15. The summed E-state index contributed by atoms with van der Waals surface area (Å²) in [6.07, 6.45) is -9.18. The van der Waals surface area contributed by atoms with Gasteiger partial charge in [0.2, 0.25) is 0 Å². The average Bonchev–Trinajstić information content (AvgIpc) is 2.69. The zero-order valence-electron chi connectivity index (χ0n) is 9.80. The van der Waals surface area contributed by atoms with Gasteiger partial charge in [-0.1, -0.05) is 11.6 Å². The van der Waals surface area contributed by atoms with Crippen molar-refractivity contribution in [2.75, 3.05) is 5.73 Å². The predicted octanol–water partition coefficient (Wildman–Crippen LogP) is 3.54. The smallest absolute Gasteiger partial charge is 0.382 e. The molecule has 0 saturated heterocycles. The largest absolute Gasteiger partial charge is 0.433 e. The highest BCUT2D eigenvalue weighted by molar-refractivity contribution is 6.32. The van der Waals surface area contributed by atoms with Crippen molar-refractivity contribution in [2.24, 2.45) is 0 Å². The van der Waals surface area contributed by atoms with Gasteiger partial charge in [0, 0.05) is 12.3 Å². The van der Waals surface area contributed by atoms with Crippen molar-refractivity contribution in [3.63, 3.8) is 0 Å². The summed E-state index contributed by atoms with van der Waals surface area (Å²) in [4.78, 5) is 3.30. The highest BCUT2D eigenvalue weighted by Crippen LogP contribution is 2.35. The molecule has 0 aliphatic heterocycles. The van der Waals surface area contributed by atoms with Gasteiger partial charge < -0.3 is 5.73 Å². The molecule has 21 heavy (non-hydrogen) atoms. The van der Waals surface area contributed by atoms with Crippen LogP contribution in [0.3, 0.4) is 0 Å². The molecule has 0 aromatic carbocycles. The van der Waals surface area contributed by atoms with Crippen LogP contribution >= 0.6 is 11.6 Å². The number of hydrogen-bond acceptors (Lipinski definition) is 3. The van der Waals surface area contributed by atoms with Crippen LogP contribution < -0.4 is 5.73 Å². The number of halogens is 7. The molecule has 114 valence electrons. The summed E-state index contributed by atoms with van der Waals surface area (Å²) < 4.78 is 75.9. The van der Waals surface area contributed by atoms with Gasteiger partial charge in [-0.2, -0.15) is 26.3 Å². The van der Waals surface area contributed by atoms with Crippen molar-refractivity contribution in [1.29, 1.82) is 0 Å². The van der Waals surface area contributed by atoms with Crippen molar-refractivity contribution < 1.29 is 26.3 Å². The molecule has 0 saturated carbocycles. The van der Waals surface area contributed by atoms with E-state index in [2.05, 4.69) is 10.1 Å². The summed E-state index contributed by atoms with van der Waals surface area (Å²) in [5.41, 5.74) is 2.69. The van der Waals surface area contributed by atoms with Gasteiger partial charge in [-0.25, -0.2) is 9.67 Å². The Balaban J connectivity index is 2.59. The Hall–Kier alpha value is -1.97. The van der Waals surface area contributed by atoms with Gasteiger partial charge in [-0.05, 0) is 6.07 Å². The second-order valence-corrected chi connectivity index (χ2v) is 4.30. The molecule has 2 N–H and O–H groups in total. The Morgan fingerprint density at radius 2 is 1.67 bits per heavy atom. The first-order chi connectivity index (χ1) is 9.50. The van der Waals surface area contributed by atoms with E-state index in [-0.39, 0.29) is 4.68 Å². The van der Waals surface area contributed by atoms with Gasteiger partial charge in [-0.15, -0.1) is 5.10 Å². The lowest BCUT2D eigenvalue weighted by molar-refractivity contribution is -0.143. The molecule has 0 radical (unpaired) electrons. The Morgan fingerprint density at radius 1 is 1.05 bits per heavy atom. The first-order valence-electron chi connectivity index (χ1n) is 5.16. The van der Waals surface area contributed by atoms with Crippen molar-refractivity contribution in [3.05, 3.63) is 34.6 Å². The summed E-state index contributed by atoms with van der Waals surface area (Å²) in [5.74, 6) is -1.08. The maximum Gasteiger partial charge on any atom is 0.433 e. The number of nitrogens with two attached hydrogens (primary N) is 1. The van der Waals surface area contributed by atoms with E-state index >= 15 is 0 Å². The molecule has 0 unspecified atom stereocenters. The second kappa shape index (κ2) is 4.79. The molecule has 11 heteroatoms. The van der Waals surface area contributed by atoms with Crippen LogP contribution in [-0.4, -0.2) is 14.8 Å². The average molecular weight is 331 g/mol. The molecule has 0 aliphatic rings. The third-order valence-electron chi connectivity index (χ3n) is 2.37. The van der Waals surface area contributed by atoms with Crippen LogP contribution in [0.15, 0.2) is 18.3 Å². The first-order valence-corrected chi connectivity index (χ1v) is 5.54. The Kier molecular flexibility index (Phi) is 3.52. The highest BCUT2D eigenvalue weighted by atomic mass is 35.5. The predicted molar refractivity (Wildman–Crippen MR) is 60.8 cm³/mol. The number of rotatable bonds is 1. The van der Waals surface area contributed by atoms with Gasteiger partial charge in [0.15, 0.2) is 11.5 Å². The molecule has 0 bridgehead atoms. The third kappa shape index (κ3) is 3.04. The fourth-order valence-electron chi connectivity index (χ4n) is 1.50. The quantitative estimate of drug-likeness (QED) is 0.814. The Labute approximate surface area is 118 Å². The zero-order valence-corrected chi connectivity index (χ0v) is 10.6. The van der Waals surface area contributed by atoms with Crippen LogP contribution in [0.4, 0.5) is 32.2 Å². The molecular formula is C10H5ClF6N4. The van der Waals surface area contributed by atoms with Crippen LogP contribution in [-0.2, 0) is 12.4 Å². The number of pyridine rings is 1. The molecular weight excluding hydrogens is 326 g/mol. The summed E-state index contributed by atoms with van der Waals surface area (Å²) in [6, 6.07) is 0.984. The number of aromatic nitrogens is 3. The van der Waals surface area contributed by atoms with Crippen LogP contribution in [0.5, 0.6) is 0 Å². The van der Waals surface area contributed by atoms with Gasteiger partial charge in [-0.3, -0.25) is 0 Å². The van der Waals surface area contributed by atoms with Crippen molar-refractivity contribution in [3.8, 4) is 5.82 Å². The highest BCUT2D eigenvalue weighted by Gasteiger charge is 2.37. The third-order valence-corrected chi connectivity index (χ3v) is 2.65. The molecule has 0 spiro atoms. The molecule has 2 rings (SSSR count). The van der Waals surface area contributed by atoms with E-state index in [1.54, 1.807) is 0 Å². The minimum atomic E-state index is -4.82. The molecule has 0 amide bonds. The molecule has 0 atom stereocenters. The monoisotopic (exact) mass is 330 g/mol. The van der Waals surface area contributed by atoms with E-state index in [0.29, 0.717) is 18.3 Å². The molecule has 2 aromatic rings. The lowest BCUT2D eigenvalue weighted by Gasteiger charge is -2.12. The van der Waals surface area contributed by atoms with Crippen molar-refractivity contribution in [1.82, 2.24) is 14.8 Å². The Morgan fingerprint density at radius 3 is 2.14 bits per heavy atom. The van der Waals surface area contributed by atoms with E-state index < -0.39 is 40.3 Å². The van der Waals surface area contributed by atoms with Crippen LogP contribution in [0.25, 0.3) is 5.82 Å². The number of anilines is 1. The molecule has 2 aromatic heterocycles. The molecule has 4 nitrogen and oxygen atoms in total.